The van der Waals surface area contributed by atoms with Crippen molar-refractivity contribution in [3.63, 3.8) is 0 Å². The van der Waals surface area contributed by atoms with Crippen molar-refractivity contribution in [1.29, 1.82) is 0 Å². The summed E-state index contributed by atoms with van der Waals surface area (Å²) < 4.78 is 19.1. The predicted octanol–water partition coefficient (Wildman–Crippen LogP) is 3.17. The summed E-state index contributed by atoms with van der Waals surface area (Å²) in [5, 5.41) is 3.17. The summed E-state index contributed by atoms with van der Waals surface area (Å²) in [6.07, 6.45) is -0.00350. The molecule has 6 heteroatoms. The Morgan fingerprint density at radius 3 is 2.69 bits per heavy atom. The fraction of sp³-hybridized carbons (Fsp3) is 0.350. The zero-order valence-electron chi connectivity index (χ0n) is 14.5. The maximum atomic E-state index is 13.8. The summed E-state index contributed by atoms with van der Waals surface area (Å²) in [5.41, 5.74) is 2.58. The quantitative estimate of drug-likeness (QED) is 0.842. The van der Waals surface area contributed by atoms with Crippen molar-refractivity contribution in [2.75, 3.05) is 26.3 Å². The van der Waals surface area contributed by atoms with E-state index in [2.05, 4.69) is 22.3 Å². The number of ether oxygens (including phenoxy) is 1. The van der Waals surface area contributed by atoms with Crippen molar-refractivity contribution in [3.05, 3.63) is 70.0 Å². The molecular formula is C20H22ClFN2O2. The molecule has 1 N–H and O–H groups in total. The summed E-state index contributed by atoms with van der Waals surface area (Å²) in [7, 11) is 0. The number of carbonyl (C=O) groups is 1. The number of benzene rings is 2. The molecule has 1 aliphatic heterocycles. The van der Waals surface area contributed by atoms with Gasteiger partial charge < -0.3 is 10.1 Å². The van der Waals surface area contributed by atoms with Crippen molar-refractivity contribution in [3.8, 4) is 0 Å². The van der Waals surface area contributed by atoms with Gasteiger partial charge >= 0.3 is 0 Å². The van der Waals surface area contributed by atoms with Gasteiger partial charge in [-0.1, -0.05) is 41.9 Å². The number of amides is 1. The summed E-state index contributed by atoms with van der Waals surface area (Å²) in [4.78, 5) is 14.4. The van der Waals surface area contributed by atoms with E-state index < -0.39 is 5.82 Å². The second-order valence-electron chi connectivity index (χ2n) is 6.40. The van der Waals surface area contributed by atoms with Gasteiger partial charge in [0.1, 0.15) is 5.82 Å². The van der Waals surface area contributed by atoms with Gasteiger partial charge in [-0.2, -0.15) is 0 Å². The van der Waals surface area contributed by atoms with Crippen molar-refractivity contribution in [1.82, 2.24) is 10.2 Å². The first-order chi connectivity index (χ1) is 12.6. The third kappa shape index (κ3) is 5.53. The van der Waals surface area contributed by atoms with Crippen LogP contribution in [0.15, 0.2) is 42.5 Å². The number of hydrogen-bond donors (Lipinski definition) is 1. The van der Waals surface area contributed by atoms with Crippen molar-refractivity contribution in [2.24, 2.45) is 0 Å². The van der Waals surface area contributed by atoms with Crippen LogP contribution in [0.1, 0.15) is 16.7 Å². The molecule has 3 rings (SSSR count). The van der Waals surface area contributed by atoms with E-state index in [0.717, 1.165) is 38.4 Å². The maximum absolute atomic E-state index is 13.8. The largest absolute Gasteiger partial charge is 0.379 e. The molecule has 0 bridgehead atoms. The van der Waals surface area contributed by atoms with E-state index in [4.69, 9.17) is 16.3 Å². The minimum atomic E-state index is -0.458. The molecule has 2 aromatic rings. The Hall–Kier alpha value is -1.95. The summed E-state index contributed by atoms with van der Waals surface area (Å²) >= 11 is 5.73. The Balaban J connectivity index is 1.52. The Bertz CT molecular complexity index is 763. The number of rotatable bonds is 6. The molecule has 138 valence electrons. The standard InChI is InChI=1S/C20H22ClFN2O2/c21-18-5-4-17(19(22)12-18)11-20(25)23-13-15-2-1-3-16(10-15)14-24-6-8-26-9-7-24/h1-5,10,12H,6-9,11,13-14H2,(H,23,25). The van der Waals surface area contributed by atoms with Crippen LogP contribution in [0, 0.1) is 5.82 Å². The number of hydrogen-bond acceptors (Lipinski definition) is 3. The fourth-order valence-electron chi connectivity index (χ4n) is 2.96. The highest BCUT2D eigenvalue weighted by Gasteiger charge is 2.11. The van der Waals surface area contributed by atoms with Gasteiger partial charge in [0, 0.05) is 31.2 Å². The second kappa shape index (κ2) is 9.12. The molecule has 1 heterocycles. The number of nitrogens with one attached hydrogen (secondary N) is 1. The number of nitrogens with zero attached hydrogens (tertiary/aromatic N) is 1. The molecule has 0 aliphatic carbocycles. The Morgan fingerprint density at radius 2 is 1.92 bits per heavy atom. The average Bonchev–Trinajstić information content (AvgIpc) is 2.64. The molecule has 26 heavy (non-hydrogen) atoms. The first kappa shape index (κ1) is 18.8. The van der Waals surface area contributed by atoms with Crippen LogP contribution in [0.3, 0.4) is 0 Å². The minimum absolute atomic E-state index is 0.00350. The van der Waals surface area contributed by atoms with E-state index in [0.29, 0.717) is 17.1 Å². The molecule has 4 nitrogen and oxygen atoms in total. The van der Waals surface area contributed by atoms with Crippen LogP contribution in [0.4, 0.5) is 4.39 Å². The summed E-state index contributed by atoms with van der Waals surface area (Å²) in [6, 6.07) is 12.5. The molecule has 2 aromatic carbocycles. The second-order valence-corrected chi connectivity index (χ2v) is 6.83. The molecule has 1 amide bonds. The summed E-state index contributed by atoms with van der Waals surface area (Å²) in [6.45, 7) is 4.72. The Labute approximate surface area is 157 Å². The molecule has 1 aliphatic rings. The average molecular weight is 377 g/mol. The van der Waals surface area contributed by atoms with Crippen molar-refractivity contribution < 1.29 is 13.9 Å². The lowest BCUT2D eigenvalue weighted by Crippen LogP contribution is -2.35. The lowest BCUT2D eigenvalue weighted by atomic mass is 10.1. The zero-order valence-corrected chi connectivity index (χ0v) is 15.3. The van der Waals surface area contributed by atoms with Gasteiger partial charge in [-0.25, -0.2) is 4.39 Å². The molecule has 1 saturated heterocycles. The SMILES string of the molecule is O=C(Cc1ccc(Cl)cc1F)NCc1cccc(CN2CCOCC2)c1. The van der Waals surface area contributed by atoms with Gasteiger partial charge in [0.2, 0.25) is 5.91 Å². The van der Waals surface area contributed by atoms with Crippen LogP contribution in [0.2, 0.25) is 5.02 Å². The number of halogens is 2. The van der Waals surface area contributed by atoms with Crippen LogP contribution < -0.4 is 5.32 Å². The third-order valence-electron chi connectivity index (χ3n) is 4.36. The molecule has 0 saturated carbocycles. The minimum Gasteiger partial charge on any atom is -0.379 e. The lowest BCUT2D eigenvalue weighted by Gasteiger charge is -2.26. The molecule has 0 atom stereocenters. The van der Waals surface area contributed by atoms with E-state index in [-0.39, 0.29) is 12.3 Å². The maximum Gasteiger partial charge on any atom is 0.224 e. The van der Waals surface area contributed by atoms with E-state index in [1.54, 1.807) is 12.1 Å². The first-order valence-corrected chi connectivity index (χ1v) is 9.06. The topological polar surface area (TPSA) is 41.6 Å². The Morgan fingerprint density at radius 1 is 1.15 bits per heavy atom. The Kier molecular flexibility index (Phi) is 6.61. The highest BCUT2D eigenvalue weighted by atomic mass is 35.5. The van der Waals surface area contributed by atoms with E-state index in [1.807, 2.05) is 12.1 Å². The predicted molar refractivity (Wildman–Crippen MR) is 99.5 cm³/mol. The van der Waals surface area contributed by atoms with Crippen LogP contribution >= 0.6 is 11.6 Å². The zero-order chi connectivity index (χ0) is 18.4. The molecule has 0 radical (unpaired) electrons. The van der Waals surface area contributed by atoms with E-state index in [1.165, 1.54) is 11.6 Å². The number of carbonyl (C=O) groups excluding carboxylic acids is 1. The fourth-order valence-corrected chi connectivity index (χ4v) is 3.12. The van der Waals surface area contributed by atoms with E-state index >= 15 is 0 Å². The van der Waals surface area contributed by atoms with Gasteiger partial charge in [-0.3, -0.25) is 9.69 Å². The normalized spacial score (nSPS) is 15.0. The third-order valence-corrected chi connectivity index (χ3v) is 4.59. The monoisotopic (exact) mass is 376 g/mol. The van der Waals surface area contributed by atoms with Crippen LogP contribution in [-0.2, 0) is 29.0 Å². The number of morpholine rings is 1. The van der Waals surface area contributed by atoms with Gasteiger partial charge in [-0.15, -0.1) is 0 Å². The molecule has 0 aromatic heterocycles. The smallest absolute Gasteiger partial charge is 0.224 e. The summed E-state index contributed by atoms with van der Waals surface area (Å²) in [5.74, 6) is -0.676. The van der Waals surface area contributed by atoms with Crippen LogP contribution in [-0.4, -0.2) is 37.1 Å². The molecule has 1 fully saturated rings. The van der Waals surface area contributed by atoms with Gasteiger partial charge in [0.15, 0.2) is 0 Å². The van der Waals surface area contributed by atoms with Gasteiger partial charge in [-0.05, 0) is 28.8 Å². The highest BCUT2D eigenvalue weighted by molar-refractivity contribution is 6.30. The first-order valence-electron chi connectivity index (χ1n) is 8.69. The molecule has 0 unspecified atom stereocenters. The van der Waals surface area contributed by atoms with E-state index in [9.17, 15) is 9.18 Å². The lowest BCUT2D eigenvalue weighted by molar-refractivity contribution is -0.120. The van der Waals surface area contributed by atoms with Crippen molar-refractivity contribution >= 4 is 17.5 Å². The van der Waals surface area contributed by atoms with Gasteiger partial charge in [0.25, 0.3) is 0 Å². The van der Waals surface area contributed by atoms with Crippen molar-refractivity contribution in [2.45, 2.75) is 19.5 Å². The van der Waals surface area contributed by atoms with Crippen LogP contribution in [0.25, 0.3) is 0 Å². The molecule has 0 spiro atoms. The van der Waals surface area contributed by atoms with Crippen LogP contribution in [0.5, 0.6) is 0 Å². The highest BCUT2D eigenvalue weighted by Crippen LogP contribution is 2.15. The van der Waals surface area contributed by atoms with Gasteiger partial charge in [0.05, 0.1) is 19.6 Å². The molecular weight excluding hydrogens is 355 g/mol.